The van der Waals surface area contributed by atoms with Gasteiger partial charge in [-0.2, -0.15) is 15.0 Å². The number of nitrogens with zero attached hydrogens (tertiary/aromatic N) is 4. The Morgan fingerprint density at radius 1 is 0.857 bits per heavy atom. The summed E-state index contributed by atoms with van der Waals surface area (Å²) in [6.45, 7) is 2.53. The Kier molecular flexibility index (Phi) is 5.78. The van der Waals surface area contributed by atoms with Crippen molar-refractivity contribution in [3.8, 4) is 0 Å². The maximum atomic E-state index is 6.10. The van der Waals surface area contributed by atoms with Crippen LogP contribution in [0.25, 0.3) is 0 Å². The number of rotatable bonds is 6. The molecule has 1 fully saturated rings. The summed E-state index contributed by atoms with van der Waals surface area (Å²) in [6, 6.07) is 15.4. The summed E-state index contributed by atoms with van der Waals surface area (Å²) in [7, 11) is 0. The molecule has 1 aromatic heterocycles. The Morgan fingerprint density at radius 3 is 2.25 bits per heavy atom. The molecule has 0 bridgehead atoms. The number of halogens is 2. The van der Waals surface area contributed by atoms with Crippen molar-refractivity contribution in [3.05, 3.63) is 64.1 Å². The molecule has 6 nitrogen and oxygen atoms in total. The van der Waals surface area contributed by atoms with E-state index in [1.54, 1.807) is 18.2 Å². The molecular formula is C20H20Cl2N6. The monoisotopic (exact) mass is 414 g/mol. The van der Waals surface area contributed by atoms with Crippen LogP contribution in [0, 0.1) is 0 Å². The van der Waals surface area contributed by atoms with Crippen molar-refractivity contribution in [2.75, 3.05) is 28.6 Å². The molecule has 3 aromatic rings. The van der Waals surface area contributed by atoms with Crippen LogP contribution < -0.4 is 15.5 Å². The molecule has 0 spiro atoms. The first-order valence-corrected chi connectivity index (χ1v) is 9.93. The molecule has 2 heterocycles. The zero-order valence-corrected chi connectivity index (χ0v) is 16.7. The van der Waals surface area contributed by atoms with Crippen LogP contribution in [-0.2, 0) is 6.54 Å². The fourth-order valence-electron chi connectivity index (χ4n) is 3.09. The van der Waals surface area contributed by atoms with Crippen molar-refractivity contribution in [2.45, 2.75) is 19.4 Å². The smallest absolute Gasteiger partial charge is 0.233 e. The normalized spacial score (nSPS) is 13.6. The Morgan fingerprint density at radius 2 is 1.54 bits per heavy atom. The Balaban J connectivity index is 1.59. The van der Waals surface area contributed by atoms with E-state index in [4.69, 9.17) is 23.2 Å². The molecule has 1 saturated heterocycles. The number of hydrogen-bond donors (Lipinski definition) is 2. The predicted octanol–water partition coefficient (Wildman–Crippen LogP) is 5.13. The SMILES string of the molecule is Clc1cc(Cl)cc(Nc2nc(NCc3ccccc3)nc(N3CCCC3)n2)c1. The fourth-order valence-corrected chi connectivity index (χ4v) is 3.62. The Bertz CT molecular complexity index is 924. The van der Waals surface area contributed by atoms with Crippen LogP contribution in [0.3, 0.4) is 0 Å². The minimum Gasteiger partial charge on any atom is -0.350 e. The van der Waals surface area contributed by atoms with Crippen LogP contribution in [0.15, 0.2) is 48.5 Å². The highest BCUT2D eigenvalue weighted by Crippen LogP contribution is 2.26. The topological polar surface area (TPSA) is 66.0 Å². The third kappa shape index (κ3) is 4.82. The molecule has 1 aliphatic rings. The molecule has 144 valence electrons. The largest absolute Gasteiger partial charge is 0.350 e. The zero-order valence-electron chi connectivity index (χ0n) is 15.2. The molecule has 2 N–H and O–H groups in total. The highest BCUT2D eigenvalue weighted by molar-refractivity contribution is 6.35. The number of anilines is 4. The van der Waals surface area contributed by atoms with E-state index in [1.165, 1.54) is 0 Å². The number of nitrogens with one attached hydrogen (secondary N) is 2. The zero-order chi connectivity index (χ0) is 19.3. The summed E-state index contributed by atoms with van der Waals surface area (Å²) >= 11 is 12.2. The Labute approximate surface area is 173 Å². The van der Waals surface area contributed by atoms with Crippen molar-refractivity contribution < 1.29 is 0 Å². The lowest BCUT2D eigenvalue weighted by molar-refractivity contribution is 0.879. The van der Waals surface area contributed by atoms with E-state index in [1.807, 2.05) is 18.2 Å². The standard InChI is InChI=1S/C20H20Cl2N6/c21-15-10-16(22)12-17(11-15)24-19-25-18(23-13-14-6-2-1-3-7-14)26-20(27-19)28-8-4-5-9-28/h1-3,6-7,10-12H,4-5,8-9,13H2,(H2,23,24,25,26,27). The molecule has 1 aliphatic heterocycles. The maximum absolute atomic E-state index is 6.10. The third-order valence-electron chi connectivity index (χ3n) is 4.42. The van der Waals surface area contributed by atoms with Crippen LogP contribution in [0.1, 0.15) is 18.4 Å². The molecule has 28 heavy (non-hydrogen) atoms. The molecule has 0 radical (unpaired) electrons. The first-order valence-electron chi connectivity index (χ1n) is 9.18. The van der Waals surface area contributed by atoms with E-state index in [9.17, 15) is 0 Å². The molecule has 2 aromatic carbocycles. The lowest BCUT2D eigenvalue weighted by Crippen LogP contribution is -2.22. The first-order chi connectivity index (χ1) is 13.7. The molecule has 0 aliphatic carbocycles. The molecule has 0 atom stereocenters. The average Bonchev–Trinajstić information content (AvgIpc) is 3.21. The third-order valence-corrected chi connectivity index (χ3v) is 4.86. The van der Waals surface area contributed by atoms with Gasteiger partial charge in [0.15, 0.2) is 0 Å². The van der Waals surface area contributed by atoms with E-state index < -0.39 is 0 Å². The van der Waals surface area contributed by atoms with E-state index >= 15 is 0 Å². The van der Waals surface area contributed by atoms with E-state index in [-0.39, 0.29) is 0 Å². The van der Waals surface area contributed by atoms with Gasteiger partial charge in [0.05, 0.1) is 0 Å². The number of benzene rings is 2. The lowest BCUT2D eigenvalue weighted by atomic mass is 10.2. The molecule has 0 amide bonds. The molecular weight excluding hydrogens is 395 g/mol. The summed E-state index contributed by atoms with van der Waals surface area (Å²) < 4.78 is 0. The van der Waals surface area contributed by atoms with Crippen molar-refractivity contribution in [1.29, 1.82) is 0 Å². The van der Waals surface area contributed by atoms with E-state index in [0.717, 1.165) is 37.2 Å². The van der Waals surface area contributed by atoms with Gasteiger partial charge in [0.2, 0.25) is 17.8 Å². The maximum Gasteiger partial charge on any atom is 0.233 e. The van der Waals surface area contributed by atoms with Crippen molar-refractivity contribution in [2.24, 2.45) is 0 Å². The fraction of sp³-hybridized carbons (Fsp3) is 0.250. The second kappa shape index (κ2) is 8.63. The van der Waals surface area contributed by atoms with Gasteiger partial charge in [-0.15, -0.1) is 0 Å². The van der Waals surface area contributed by atoms with Gasteiger partial charge in [-0.05, 0) is 36.6 Å². The average molecular weight is 415 g/mol. The summed E-state index contributed by atoms with van der Waals surface area (Å²) in [6.07, 6.45) is 2.29. The van der Waals surface area contributed by atoms with E-state index in [2.05, 4.69) is 42.6 Å². The first kappa shape index (κ1) is 18.8. The quantitative estimate of drug-likeness (QED) is 0.582. The molecule has 0 unspecified atom stereocenters. The van der Waals surface area contributed by atoms with Gasteiger partial charge in [0.1, 0.15) is 0 Å². The van der Waals surface area contributed by atoms with Gasteiger partial charge < -0.3 is 15.5 Å². The Hall–Kier alpha value is -2.57. The van der Waals surface area contributed by atoms with Gasteiger partial charge in [-0.25, -0.2) is 0 Å². The van der Waals surface area contributed by atoms with Gasteiger partial charge >= 0.3 is 0 Å². The minimum absolute atomic E-state index is 0.450. The summed E-state index contributed by atoms with van der Waals surface area (Å²) in [5, 5.41) is 7.58. The molecule has 4 rings (SSSR count). The van der Waals surface area contributed by atoms with Crippen LogP contribution in [0.2, 0.25) is 10.0 Å². The van der Waals surface area contributed by atoms with Gasteiger partial charge in [-0.1, -0.05) is 53.5 Å². The van der Waals surface area contributed by atoms with Gasteiger partial charge in [-0.3, -0.25) is 0 Å². The van der Waals surface area contributed by atoms with Crippen LogP contribution in [-0.4, -0.2) is 28.0 Å². The van der Waals surface area contributed by atoms with Crippen LogP contribution in [0.5, 0.6) is 0 Å². The second-order valence-corrected chi connectivity index (χ2v) is 7.47. The molecule has 8 heteroatoms. The highest BCUT2D eigenvalue weighted by atomic mass is 35.5. The lowest BCUT2D eigenvalue weighted by Gasteiger charge is -2.17. The minimum atomic E-state index is 0.450. The molecule has 0 saturated carbocycles. The van der Waals surface area contributed by atoms with Gasteiger partial charge in [0, 0.05) is 35.4 Å². The van der Waals surface area contributed by atoms with E-state index in [0.29, 0.717) is 34.4 Å². The second-order valence-electron chi connectivity index (χ2n) is 6.60. The van der Waals surface area contributed by atoms with Crippen molar-refractivity contribution in [1.82, 2.24) is 15.0 Å². The number of aromatic nitrogens is 3. The van der Waals surface area contributed by atoms with Crippen LogP contribution >= 0.6 is 23.2 Å². The number of hydrogen-bond acceptors (Lipinski definition) is 6. The summed E-state index contributed by atoms with van der Waals surface area (Å²) in [5.74, 6) is 1.64. The highest BCUT2D eigenvalue weighted by Gasteiger charge is 2.17. The van der Waals surface area contributed by atoms with Gasteiger partial charge in [0.25, 0.3) is 0 Å². The predicted molar refractivity (Wildman–Crippen MR) is 115 cm³/mol. The summed E-state index contributed by atoms with van der Waals surface area (Å²) in [5.41, 5.74) is 1.88. The summed E-state index contributed by atoms with van der Waals surface area (Å²) in [4.78, 5) is 15.9. The van der Waals surface area contributed by atoms with Crippen molar-refractivity contribution in [3.63, 3.8) is 0 Å². The van der Waals surface area contributed by atoms with Crippen molar-refractivity contribution >= 4 is 46.7 Å². The van der Waals surface area contributed by atoms with Crippen LogP contribution in [0.4, 0.5) is 23.5 Å².